The standard InChI is InChI=1S/C12H14BrFO2/c1-3-12(4-2,11(15)16)8-5-9(13)7-10(14)6-8/h5-7H,3-4H2,1-2H3,(H,15,16). The highest BCUT2D eigenvalue weighted by atomic mass is 79.9. The van der Waals surface area contributed by atoms with Gasteiger partial charge in [0.25, 0.3) is 0 Å². The zero-order chi connectivity index (χ0) is 12.3. The molecular formula is C12H14BrFO2. The molecule has 1 rings (SSSR count). The van der Waals surface area contributed by atoms with Gasteiger partial charge < -0.3 is 5.11 Å². The van der Waals surface area contributed by atoms with Gasteiger partial charge in [-0.15, -0.1) is 0 Å². The van der Waals surface area contributed by atoms with Crippen molar-refractivity contribution in [3.63, 3.8) is 0 Å². The van der Waals surface area contributed by atoms with Crippen molar-refractivity contribution in [2.45, 2.75) is 32.1 Å². The monoisotopic (exact) mass is 288 g/mol. The molecule has 0 atom stereocenters. The van der Waals surface area contributed by atoms with E-state index in [1.807, 2.05) is 0 Å². The average molecular weight is 289 g/mol. The molecular weight excluding hydrogens is 275 g/mol. The molecule has 0 bridgehead atoms. The van der Waals surface area contributed by atoms with E-state index in [-0.39, 0.29) is 0 Å². The van der Waals surface area contributed by atoms with Crippen LogP contribution in [0.2, 0.25) is 0 Å². The molecule has 0 aliphatic rings. The van der Waals surface area contributed by atoms with Crippen LogP contribution in [0.15, 0.2) is 22.7 Å². The molecule has 0 aliphatic heterocycles. The fourth-order valence-electron chi connectivity index (χ4n) is 1.91. The highest BCUT2D eigenvalue weighted by Crippen LogP contribution is 2.34. The van der Waals surface area contributed by atoms with E-state index in [2.05, 4.69) is 15.9 Å². The van der Waals surface area contributed by atoms with Crippen LogP contribution in [0.4, 0.5) is 4.39 Å². The van der Waals surface area contributed by atoms with Gasteiger partial charge in [-0.1, -0.05) is 29.8 Å². The highest BCUT2D eigenvalue weighted by Gasteiger charge is 2.37. The molecule has 4 heteroatoms. The molecule has 2 nitrogen and oxygen atoms in total. The van der Waals surface area contributed by atoms with E-state index in [0.717, 1.165) is 0 Å². The molecule has 0 unspecified atom stereocenters. The molecule has 1 aromatic carbocycles. The smallest absolute Gasteiger partial charge is 0.314 e. The molecule has 0 spiro atoms. The van der Waals surface area contributed by atoms with E-state index < -0.39 is 17.2 Å². The van der Waals surface area contributed by atoms with Crippen LogP contribution in [0, 0.1) is 5.82 Å². The number of hydrogen-bond acceptors (Lipinski definition) is 1. The van der Waals surface area contributed by atoms with Gasteiger partial charge in [-0.25, -0.2) is 4.39 Å². The van der Waals surface area contributed by atoms with Crippen molar-refractivity contribution in [2.75, 3.05) is 0 Å². The Labute approximate surface area is 103 Å². The van der Waals surface area contributed by atoms with Gasteiger partial charge in [-0.3, -0.25) is 4.79 Å². The number of carbonyl (C=O) groups is 1. The topological polar surface area (TPSA) is 37.3 Å². The van der Waals surface area contributed by atoms with Gasteiger partial charge in [-0.2, -0.15) is 0 Å². The Morgan fingerprint density at radius 2 is 1.94 bits per heavy atom. The zero-order valence-corrected chi connectivity index (χ0v) is 10.8. The van der Waals surface area contributed by atoms with E-state index in [1.54, 1.807) is 19.9 Å². The highest BCUT2D eigenvalue weighted by molar-refractivity contribution is 9.10. The predicted molar refractivity (Wildman–Crippen MR) is 64.0 cm³/mol. The van der Waals surface area contributed by atoms with Crippen LogP contribution >= 0.6 is 15.9 Å². The lowest BCUT2D eigenvalue weighted by molar-refractivity contribution is -0.144. The van der Waals surface area contributed by atoms with Crippen molar-refractivity contribution in [3.8, 4) is 0 Å². The van der Waals surface area contributed by atoms with E-state index in [1.165, 1.54) is 12.1 Å². The summed E-state index contributed by atoms with van der Waals surface area (Å²) in [4.78, 5) is 11.4. The quantitative estimate of drug-likeness (QED) is 0.917. The van der Waals surface area contributed by atoms with Crippen LogP contribution in [0.1, 0.15) is 32.3 Å². The number of rotatable bonds is 4. The fraction of sp³-hybridized carbons (Fsp3) is 0.417. The minimum Gasteiger partial charge on any atom is -0.481 e. The first-order valence-electron chi connectivity index (χ1n) is 5.16. The van der Waals surface area contributed by atoms with E-state index in [0.29, 0.717) is 22.9 Å². The summed E-state index contributed by atoms with van der Waals surface area (Å²) < 4.78 is 13.8. The van der Waals surface area contributed by atoms with Crippen molar-refractivity contribution in [3.05, 3.63) is 34.1 Å². The number of halogens is 2. The van der Waals surface area contributed by atoms with Crippen molar-refractivity contribution < 1.29 is 14.3 Å². The van der Waals surface area contributed by atoms with Gasteiger partial charge in [0, 0.05) is 4.47 Å². The maximum atomic E-state index is 13.3. The van der Waals surface area contributed by atoms with Crippen LogP contribution in [0.5, 0.6) is 0 Å². The Hall–Kier alpha value is -0.900. The van der Waals surface area contributed by atoms with Gasteiger partial charge in [0.05, 0.1) is 5.41 Å². The van der Waals surface area contributed by atoms with Crippen molar-refractivity contribution in [2.24, 2.45) is 0 Å². The summed E-state index contributed by atoms with van der Waals surface area (Å²) in [6.45, 7) is 3.60. The van der Waals surface area contributed by atoms with Crippen LogP contribution in [0.3, 0.4) is 0 Å². The van der Waals surface area contributed by atoms with Crippen LogP contribution < -0.4 is 0 Å². The molecule has 0 aliphatic carbocycles. The first-order chi connectivity index (χ1) is 7.46. The third-order valence-corrected chi connectivity index (χ3v) is 3.49. The summed E-state index contributed by atoms with van der Waals surface area (Å²) in [6.07, 6.45) is 0.878. The second kappa shape index (κ2) is 4.95. The number of hydrogen-bond donors (Lipinski definition) is 1. The molecule has 88 valence electrons. The molecule has 0 aromatic heterocycles. The van der Waals surface area contributed by atoms with Crippen molar-refractivity contribution in [1.82, 2.24) is 0 Å². The summed E-state index contributed by atoms with van der Waals surface area (Å²) in [5.41, 5.74) is -0.484. The lowest BCUT2D eigenvalue weighted by atomic mass is 9.76. The maximum absolute atomic E-state index is 13.3. The minimum absolute atomic E-state index is 0.420. The van der Waals surface area contributed by atoms with Crippen LogP contribution in [0.25, 0.3) is 0 Å². The second-order valence-corrected chi connectivity index (χ2v) is 4.67. The molecule has 16 heavy (non-hydrogen) atoms. The van der Waals surface area contributed by atoms with Gasteiger partial charge in [-0.05, 0) is 36.6 Å². The lowest BCUT2D eigenvalue weighted by Gasteiger charge is -2.27. The summed E-state index contributed by atoms with van der Waals surface area (Å²) in [5.74, 6) is -1.33. The molecule has 0 fully saturated rings. The second-order valence-electron chi connectivity index (χ2n) is 3.75. The molecule has 0 radical (unpaired) electrons. The largest absolute Gasteiger partial charge is 0.481 e. The predicted octanol–water partition coefficient (Wildman–Crippen LogP) is 3.73. The van der Waals surface area contributed by atoms with Crippen LogP contribution in [-0.2, 0) is 10.2 Å². The Balaban J connectivity index is 3.36. The summed E-state index contributed by atoms with van der Waals surface area (Å²) >= 11 is 3.18. The third kappa shape index (κ3) is 2.26. The summed E-state index contributed by atoms with van der Waals surface area (Å²) in [7, 11) is 0. The van der Waals surface area contributed by atoms with E-state index in [9.17, 15) is 14.3 Å². The van der Waals surface area contributed by atoms with Crippen molar-refractivity contribution >= 4 is 21.9 Å². The first kappa shape index (κ1) is 13.2. The molecule has 1 N–H and O–H groups in total. The number of carboxylic acids is 1. The molecule has 0 amide bonds. The lowest BCUT2D eigenvalue weighted by Crippen LogP contribution is -2.34. The Morgan fingerprint density at radius 3 is 2.31 bits per heavy atom. The van der Waals surface area contributed by atoms with Crippen LogP contribution in [-0.4, -0.2) is 11.1 Å². The van der Waals surface area contributed by atoms with Gasteiger partial charge in [0.15, 0.2) is 0 Å². The number of aliphatic carboxylic acids is 1. The molecule has 0 saturated heterocycles. The zero-order valence-electron chi connectivity index (χ0n) is 9.26. The van der Waals surface area contributed by atoms with Crippen molar-refractivity contribution in [1.29, 1.82) is 0 Å². The van der Waals surface area contributed by atoms with E-state index >= 15 is 0 Å². The molecule has 0 heterocycles. The fourth-order valence-corrected chi connectivity index (χ4v) is 2.38. The molecule has 1 aromatic rings. The van der Waals surface area contributed by atoms with E-state index in [4.69, 9.17) is 0 Å². The summed E-state index contributed by atoms with van der Waals surface area (Å²) in [5, 5.41) is 9.32. The maximum Gasteiger partial charge on any atom is 0.314 e. The average Bonchev–Trinajstić information content (AvgIpc) is 2.18. The van der Waals surface area contributed by atoms with Gasteiger partial charge in [0.1, 0.15) is 5.82 Å². The first-order valence-corrected chi connectivity index (χ1v) is 5.95. The summed E-state index contributed by atoms with van der Waals surface area (Å²) in [6, 6.07) is 4.29. The van der Waals surface area contributed by atoms with Gasteiger partial charge in [0.2, 0.25) is 0 Å². The Kier molecular flexibility index (Phi) is 4.08. The Morgan fingerprint density at radius 1 is 1.38 bits per heavy atom. The Bertz CT molecular complexity index is 380. The number of benzene rings is 1. The normalized spacial score (nSPS) is 11.5. The van der Waals surface area contributed by atoms with Gasteiger partial charge >= 0.3 is 5.97 Å². The number of carboxylic acid groups (broad SMARTS) is 1. The minimum atomic E-state index is -0.995. The third-order valence-electron chi connectivity index (χ3n) is 3.03. The SMILES string of the molecule is CCC(CC)(C(=O)O)c1cc(F)cc(Br)c1. The molecule has 0 saturated carbocycles.